The van der Waals surface area contributed by atoms with E-state index in [9.17, 15) is 9.59 Å². The van der Waals surface area contributed by atoms with E-state index in [-0.39, 0.29) is 24.3 Å². The third kappa shape index (κ3) is 5.28. The molecule has 160 valence electrons. The van der Waals surface area contributed by atoms with E-state index in [0.29, 0.717) is 6.54 Å². The lowest BCUT2D eigenvalue weighted by Crippen LogP contribution is -2.48. The van der Waals surface area contributed by atoms with Crippen molar-refractivity contribution in [1.82, 2.24) is 9.80 Å². The zero-order valence-corrected chi connectivity index (χ0v) is 18.4. The lowest BCUT2D eigenvalue weighted by atomic mass is 9.89. The molecule has 2 aromatic carbocycles. The van der Waals surface area contributed by atoms with E-state index >= 15 is 0 Å². The molecule has 0 N–H and O–H groups in total. The van der Waals surface area contributed by atoms with Crippen molar-refractivity contribution in [2.75, 3.05) is 6.54 Å². The fourth-order valence-electron chi connectivity index (χ4n) is 4.39. The zero-order chi connectivity index (χ0) is 21.7. The first kappa shape index (κ1) is 22.0. The summed E-state index contributed by atoms with van der Waals surface area (Å²) < 4.78 is 5.51. The molecule has 5 nitrogen and oxygen atoms in total. The van der Waals surface area contributed by atoms with Gasteiger partial charge in [-0.05, 0) is 30.9 Å². The Hall–Kier alpha value is -2.66. The summed E-state index contributed by atoms with van der Waals surface area (Å²) in [5, 5.41) is 0. The molecule has 1 atom stereocenters. The molecule has 1 unspecified atom stereocenters. The Morgan fingerprint density at radius 1 is 1.00 bits per heavy atom. The van der Waals surface area contributed by atoms with Gasteiger partial charge in [0.1, 0.15) is 5.60 Å². The Balaban J connectivity index is 1.71. The Bertz CT molecular complexity index is 808. The number of carbonyl (C=O) groups is 2. The van der Waals surface area contributed by atoms with Gasteiger partial charge in [0.2, 0.25) is 5.91 Å². The third-order valence-electron chi connectivity index (χ3n) is 5.58. The zero-order valence-electron chi connectivity index (χ0n) is 18.4. The first-order valence-electron chi connectivity index (χ1n) is 10.6. The van der Waals surface area contributed by atoms with Crippen LogP contribution in [0.25, 0.3) is 0 Å². The Morgan fingerprint density at radius 3 is 1.97 bits per heavy atom. The maximum absolute atomic E-state index is 13.1. The van der Waals surface area contributed by atoms with Crippen molar-refractivity contribution in [2.45, 2.75) is 58.8 Å². The minimum atomic E-state index is -0.672. The average molecular weight is 409 g/mol. The lowest BCUT2D eigenvalue weighted by Gasteiger charge is -2.31. The molecule has 1 aliphatic heterocycles. The van der Waals surface area contributed by atoms with Crippen LogP contribution in [0.15, 0.2) is 60.7 Å². The summed E-state index contributed by atoms with van der Waals surface area (Å²) in [4.78, 5) is 29.1. The van der Waals surface area contributed by atoms with Gasteiger partial charge in [0.15, 0.2) is 0 Å². The predicted molar refractivity (Wildman–Crippen MR) is 118 cm³/mol. The first-order chi connectivity index (χ1) is 14.3. The van der Waals surface area contributed by atoms with E-state index in [0.717, 1.165) is 13.1 Å². The summed E-state index contributed by atoms with van der Waals surface area (Å²) in [6, 6.07) is 20.2. The van der Waals surface area contributed by atoms with Gasteiger partial charge in [-0.3, -0.25) is 9.69 Å². The summed E-state index contributed by atoms with van der Waals surface area (Å²) in [5.74, 6) is -0.0458. The predicted octanol–water partition coefficient (Wildman–Crippen LogP) is 4.86. The van der Waals surface area contributed by atoms with Crippen LogP contribution >= 0.6 is 0 Å². The largest absolute Gasteiger partial charge is 0.441 e. The van der Waals surface area contributed by atoms with Crippen LogP contribution in [0.4, 0.5) is 4.79 Å². The molecular formula is C25H32N2O3. The number of cyclic esters (lactones) is 1. The van der Waals surface area contributed by atoms with Gasteiger partial charge in [-0.2, -0.15) is 0 Å². The molecule has 2 amide bonds. The second kappa shape index (κ2) is 9.43. The quantitative estimate of drug-likeness (QED) is 0.626. The van der Waals surface area contributed by atoms with E-state index in [1.807, 2.05) is 64.1 Å². The van der Waals surface area contributed by atoms with E-state index in [1.54, 1.807) is 0 Å². The number of amides is 2. The van der Waals surface area contributed by atoms with Gasteiger partial charge in [-0.25, -0.2) is 9.69 Å². The Kier molecular flexibility index (Phi) is 6.93. The average Bonchev–Trinajstić information content (AvgIpc) is 2.96. The van der Waals surface area contributed by atoms with Crippen molar-refractivity contribution in [3.8, 4) is 0 Å². The number of rotatable bonds is 8. The number of hydrogen-bond acceptors (Lipinski definition) is 4. The summed E-state index contributed by atoms with van der Waals surface area (Å²) in [6.07, 6.45) is -0.255. The van der Waals surface area contributed by atoms with Crippen molar-refractivity contribution in [2.24, 2.45) is 5.92 Å². The van der Waals surface area contributed by atoms with Gasteiger partial charge in [-0.15, -0.1) is 0 Å². The van der Waals surface area contributed by atoms with Gasteiger partial charge >= 0.3 is 6.09 Å². The fourth-order valence-corrected chi connectivity index (χ4v) is 4.39. The highest BCUT2D eigenvalue weighted by molar-refractivity contribution is 5.94. The highest BCUT2D eigenvalue weighted by Crippen LogP contribution is 2.34. The first-order valence-corrected chi connectivity index (χ1v) is 10.6. The van der Waals surface area contributed by atoms with Crippen LogP contribution in [0, 0.1) is 5.92 Å². The van der Waals surface area contributed by atoms with Crippen molar-refractivity contribution in [3.05, 3.63) is 71.8 Å². The second-order valence-electron chi connectivity index (χ2n) is 8.86. The topological polar surface area (TPSA) is 49.9 Å². The molecule has 1 heterocycles. The molecular weight excluding hydrogens is 376 g/mol. The van der Waals surface area contributed by atoms with Gasteiger partial charge in [0.05, 0.1) is 6.04 Å². The maximum Gasteiger partial charge on any atom is 0.417 e. The molecule has 1 aliphatic rings. The number of imide groups is 1. The van der Waals surface area contributed by atoms with Gasteiger partial charge < -0.3 is 4.74 Å². The molecule has 1 saturated heterocycles. The minimum Gasteiger partial charge on any atom is -0.441 e. The van der Waals surface area contributed by atoms with E-state index < -0.39 is 11.7 Å². The summed E-state index contributed by atoms with van der Waals surface area (Å²) in [6.45, 7) is 9.84. The number of ether oxygens (including phenoxy) is 1. The molecule has 0 saturated carbocycles. The third-order valence-corrected chi connectivity index (χ3v) is 5.58. The van der Waals surface area contributed by atoms with E-state index in [1.165, 1.54) is 16.0 Å². The van der Waals surface area contributed by atoms with Crippen molar-refractivity contribution < 1.29 is 14.3 Å². The summed E-state index contributed by atoms with van der Waals surface area (Å²) in [5.41, 5.74) is 1.72. The normalized spacial score (nSPS) is 18.1. The maximum atomic E-state index is 13.1. The number of hydrogen-bond donors (Lipinski definition) is 0. The molecule has 3 rings (SSSR count). The van der Waals surface area contributed by atoms with Crippen molar-refractivity contribution >= 4 is 12.0 Å². The summed E-state index contributed by atoms with van der Waals surface area (Å²) >= 11 is 0. The molecule has 0 aliphatic carbocycles. The molecule has 5 heteroatoms. The molecule has 30 heavy (non-hydrogen) atoms. The lowest BCUT2D eigenvalue weighted by molar-refractivity contribution is -0.130. The van der Waals surface area contributed by atoms with Crippen molar-refractivity contribution in [3.63, 3.8) is 0 Å². The van der Waals surface area contributed by atoms with Crippen LogP contribution in [0.1, 0.15) is 45.2 Å². The minimum absolute atomic E-state index is 0.125. The second-order valence-corrected chi connectivity index (χ2v) is 8.86. The van der Waals surface area contributed by atoms with Crippen LogP contribution < -0.4 is 0 Å². The van der Waals surface area contributed by atoms with Gasteiger partial charge in [0.25, 0.3) is 0 Å². The van der Waals surface area contributed by atoms with E-state index in [2.05, 4.69) is 29.2 Å². The van der Waals surface area contributed by atoms with Gasteiger partial charge in [0, 0.05) is 26.1 Å². The van der Waals surface area contributed by atoms with E-state index in [4.69, 9.17) is 4.74 Å². The van der Waals surface area contributed by atoms with Crippen LogP contribution in [0.5, 0.6) is 0 Å². The molecule has 0 bridgehead atoms. The molecule has 1 fully saturated rings. The van der Waals surface area contributed by atoms with Crippen LogP contribution in [-0.2, 0) is 22.6 Å². The smallest absolute Gasteiger partial charge is 0.417 e. The standard InChI is InChI=1S/C25H32N2O3/c1-19(2)23-25(3,4)30-24(29)27(23)22(28)15-16-26(17-20-11-7-5-8-12-20)18-21-13-9-6-10-14-21/h5-14,19,23H,15-18H2,1-4H3. The van der Waals surface area contributed by atoms with Gasteiger partial charge in [-0.1, -0.05) is 74.5 Å². The highest BCUT2D eigenvalue weighted by Gasteiger charge is 2.51. The Morgan fingerprint density at radius 2 is 1.50 bits per heavy atom. The summed E-state index contributed by atoms with van der Waals surface area (Å²) in [7, 11) is 0. The van der Waals surface area contributed by atoms with Crippen LogP contribution in [0.3, 0.4) is 0 Å². The fraction of sp³-hybridized carbons (Fsp3) is 0.440. The molecule has 0 radical (unpaired) electrons. The van der Waals surface area contributed by atoms with Crippen LogP contribution in [-0.4, -0.2) is 40.0 Å². The van der Waals surface area contributed by atoms with Crippen LogP contribution in [0.2, 0.25) is 0 Å². The van der Waals surface area contributed by atoms with Crippen molar-refractivity contribution in [1.29, 1.82) is 0 Å². The highest BCUT2D eigenvalue weighted by atomic mass is 16.6. The molecule has 2 aromatic rings. The monoisotopic (exact) mass is 408 g/mol. The molecule has 0 spiro atoms. The Labute approximate surface area is 179 Å². The number of benzene rings is 2. The molecule has 0 aromatic heterocycles. The number of nitrogens with zero attached hydrogens (tertiary/aromatic N) is 2. The number of carbonyl (C=O) groups excluding carboxylic acids is 2. The SMILES string of the molecule is CC(C)C1N(C(=O)CCN(Cc2ccccc2)Cc2ccccc2)C(=O)OC1(C)C.